The third kappa shape index (κ3) is 2.58. The Bertz CT molecular complexity index is 331. The Morgan fingerprint density at radius 1 is 1.67 bits per heavy atom. The lowest BCUT2D eigenvalue weighted by molar-refractivity contribution is 0.112. The summed E-state index contributed by atoms with van der Waals surface area (Å²) in [5.74, 6) is 0. The number of aldehydes is 1. The van der Waals surface area contributed by atoms with Crippen molar-refractivity contribution in [3.8, 4) is 0 Å². The van der Waals surface area contributed by atoms with Gasteiger partial charge in [0, 0.05) is 20.2 Å². The number of hydrogen-bond donors (Lipinski definition) is 0. The molecule has 1 aliphatic heterocycles. The predicted molar refractivity (Wildman–Crippen MR) is 62.0 cm³/mol. The quantitative estimate of drug-likeness (QED) is 0.736. The molecule has 1 atom stereocenters. The standard InChI is InChI=1S/C11H15NO2S/c1-12(7-9-3-2-6-14-9)11-5-4-10(8-13)15-11/h4-5,8-9H,2-3,6-7H2,1H3. The van der Waals surface area contributed by atoms with Crippen molar-refractivity contribution in [2.45, 2.75) is 18.9 Å². The molecule has 0 aliphatic carbocycles. The van der Waals surface area contributed by atoms with E-state index < -0.39 is 0 Å². The molecular weight excluding hydrogens is 210 g/mol. The molecule has 2 heterocycles. The first-order chi connectivity index (χ1) is 7.29. The number of carbonyl (C=O) groups excluding carboxylic acids is 1. The Balaban J connectivity index is 1.94. The fourth-order valence-electron chi connectivity index (χ4n) is 1.79. The largest absolute Gasteiger partial charge is 0.376 e. The zero-order chi connectivity index (χ0) is 10.7. The van der Waals surface area contributed by atoms with E-state index >= 15 is 0 Å². The number of carbonyl (C=O) groups is 1. The molecule has 0 saturated carbocycles. The molecule has 0 radical (unpaired) electrons. The van der Waals surface area contributed by atoms with Crippen LogP contribution < -0.4 is 4.90 Å². The van der Waals surface area contributed by atoms with Crippen LogP contribution in [0.5, 0.6) is 0 Å². The Morgan fingerprint density at radius 3 is 3.13 bits per heavy atom. The Morgan fingerprint density at radius 2 is 2.53 bits per heavy atom. The highest BCUT2D eigenvalue weighted by molar-refractivity contribution is 7.17. The second-order valence-corrected chi connectivity index (χ2v) is 4.90. The molecule has 82 valence electrons. The monoisotopic (exact) mass is 225 g/mol. The highest BCUT2D eigenvalue weighted by Crippen LogP contribution is 2.25. The summed E-state index contributed by atoms with van der Waals surface area (Å²) in [5, 5.41) is 1.13. The Labute approximate surface area is 93.7 Å². The van der Waals surface area contributed by atoms with Crippen molar-refractivity contribution in [3.63, 3.8) is 0 Å². The number of likely N-dealkylation sites (N-methyl/N-ethyl adjacent to an activating group) is 1. The molecule has 0 N–H and O–H groups in total. The highest BCUT2D eigenvalue weighted by Gasteiger charge is 2.18. The molecule has 1 fully saturated rings. The molecule has 1 unspecified atom stereocenters. The lowest BCUT2D eigenvalue weighted by Crippen LogP contribution is -2.27. The zero-order valence-electron chi connectivity index (χ0n) is 8.81. The van der Waals surface area contributed by atoms with Gasteiger partial charge in [-0.15, -0.1) is 11.3 Å². The van der Waals surface area contributed by atoms with Crippen LogP contribution in [0.2, 0.25) is 0 Å². The normalized spacial score (nSPS) is 20.5. The van der Waals surface area contributed by atoms with Gasteiger partial charge < -0.3 is 9.64 Å². The van der Waals surface area contributed by atoms with Crippen molar-refractivity contribution < 1.29 is 9.53 Å². The molecule has 1 saturated heterocycles. The van der Waals surface area contributed by atoms with Crippen LogP contribution in [0.3, 0.4) is 0 Å². The number of hydrogen-bond acceptors (Lipinski definition) is 4. The third-order valence-corrected chi connectivity index (χ3v) is 3.73. The number of ether oxygens (including phenoxy) is 1. The summed E-state index contributed by atoms with van der Waals surface area (Å²) in [6, 6.07) is 3.85. The van der Waals surface area contributed by atoms with E-state index in [0.717, 1.165) is 35.7 Å². The van der Waals surface area contributed by atoms with Crippen molar-refractivity contribution in [1.29, 1.82) is 0 Å². The topological polar surface area (TPSA) is 29.5 Å². The summed E-state index contributed by atoms with van der Waals surface area (Å²) in [6.45, 7) is 1.81. The van der Waals surface area contributed by atoms with Gasteiger partial charge in [-0.1, -0.05) is 0 Å². The maximum atomic E-state index is 10.6. The first-order valence-electron chi connectivity index (χ1n) is 5.17. The van der Waals surface area contributed by atoms with Crippen molar-refractivity contribution in [2.75, 3.05) is 25.1 Å². The van der Waals surface area contributed by atoms with Gasteiger partial charge >= 0.3 is 0 Å². The van der Waals surface area contributed by atoms with E-state index in [2.05, 4.69) is 4.90 Å². The van der Waals surface area contributed by atoms with Gasteiger partial charge in [0.05, 0.1) is 16.0 Å². The molecule has 1 aromatic heterocycles. The molecule has 0 spiro atoms. The van der Waals surface area contributed by atoms with Gasteiger partial charge in [0.1, 0.15) is 0 Å². The maximum Gasteiger partial charge on any atom is 0.160 e. The number of rotatable bonds is 4. The molecular formula is C11H15NO2S. The van der Waals surface area contributed by atoms with Crippen molar-refractivity contribution >= 4 is 22.6 Å². The van der Waals surface area contributed by atoms with Crippen LogP contribution in [-0.4, -0.2) is 32.6 Å². The summed E-state index contributed by atoms with van der Waals surface area (Å²) in [7, 11) is 2.04. The molecule has 2 rings (SSSR count). The molecule has 15 heavy (non-hydrogen) atoms. The van der Waals surface area contributed by atoms with E-state index in [1.807, 2.05) is 19.2 Å². The summed E-state index contributed by atoms with van der Waals surface area (Å²) >= 11 is 1.53. The molecule has 4 heteroatoms. The van der Waals surface area contributed by atoms with Gasteiger partial charge in [0.25, 0.3) is 0 Å². The van der Waals surface area contributed by atoms with Crippen LogP contribution in [0.15, 0.2) is 12.1 Å². The van der Waals surface area contributed by atoms with Gasteiger partial charge in [-0.25, -0.2) is 0 Å². The van der Waals surface area contributed by atoms with Gasteiger partial charge in [0.15, 0.2) is 6.29 Å². The van der Waals surface area contributed by atoms with Crippen molar-refractivity contribution in [1.82, 2.24) is 0 Å². The smallest absolute Gasteiger partial charge is 0.160 e. The zero-order valence-corrected chi connectivity index (χ0v) is 9.63. The van der Waals surface area contributed by atoms with E-state index in [1.54, 1.807) is 0 Å². The van der Waals surface area contributed by atoms with Crippen molar-refractivity contribution in [2.24, 2.45) is 0 Å². The lowest BCUT2D eigenvalue weighted by atomic mass is 10.2. The fraction of sp³-hybridized carbons (Fsp3) is 0.545. The minimum absolute atomic E-state index is 0.358. The van der Waals surface area contributed by atoms with Crippen LogP contribution in [0.4, 0.5) is 5.00 Å². The van der Waals surface area contributed by atoms with E-state index in [1.165, 1.54) is 17.8 Å². The fourth-order valence-corrected chi connectivity index (χ4v) is 2.59. The van der Waals surface area contributed by atoms with Gasteiger partial charge in [-0.3, -0.25) is 4.79 Å². The molecule has 0 bridgehead atoms. The Kier molecular flexibility index (Phi) is 3.38. The second-order valence-electron chi connectivity index (χ2n) is 3.81. The summed E-state index contributed by atoms with van der Waals surface area (Å²) in [6.07, 6.45) is 3.57. The SMILES string of the molecule is CN(CC1CCCO1)c1ccc(C=O)s1. The average molecular weight is 225 g/mol. The van der Waals surface area contributed by atoms with E-state index in [0.29, 0.717) is 6.10 Å². The number of thiophene rings is 1. The number of anilines is 1. The van der Waals surface area contributed by atoms with Crippen LogP contribution >= 0.6 is 11.3 Å². The molecule has 1 aliphatic rings. The van der Waals surface area contributed by atoms with Gasteiger partial charge in [-0.05, 0) is 25.0 Å². The predicted octanol–water partition coefficient (Wildman–Crippen LogP) is 2.18. The minimum atomic E-state index is 0.358. The summed E-state index contributed by atoms with van der Waals surface area (Å²) in [5.41, 5.74) is 0. The highest BCUT2D eigenvalue weighted by atomic mass is 32.1. The van der Waals surface area contributed by atoms with Crippen molar-refractivity contribution in [3.05, 3.63) is 17.0 Å². The van der Waals surface area contributed by atoms with Gasteiger partial charge in [0.2, 0.25) is 0 Å². The second kappa shape index (κ2) is 4.77. The minimum Gasteiger partial charge on any atom is -0.376 e. The molecule has 1 aromatic rings. The van der Waals surface area contributed by atoms with Crippen LogP contribution in [-0.2, 0) is 4.74 Å². The summed E-state index contributed by atoms with van der Waals surface area (Å²) in [4.78, 5) is 13.5. The molecule has 3 nitrogen and oxygen atoms in total. The average Bonchev–Trinajstić information content (AvgIpc) is 2.86. The van der Waals surface area contributed by atoms with E-state index in [-0.39, 0.29) is 0 Å². The Hall–Kier alpha value is -0.870. The summed E-state index contributed by atoms with van der Waals surface area (Å²) < 4.78 is 5.57. The molecule has 0 amide bonds. The van der Waals surface area contributed by atoms with E-state index in [9.17, 15) is 4.79 Å². The first-order valence-corrected chi connectivity index (χ1v) is 5.99. The number of nitrogens with zero attached hydrogens (tertiary/aromatic N) is 1. The van der Waals surface area contributed by atoms with E-state index in [4.69, 9.17) is 4.74 Å². The lowest BCUT2D eigenvalue weighted by Gasteiger charge is -2.20. The first kappa shape index (κ1) is 10.6. The molecule has 0 aromatic carbocycles. The maximum absolute atomic E-state index is 10.6. The van der Waals surface area contributed by atoms with Gasteiger partial charge in [-0.2, -0.15) is 0 Å². The van der Waals surface area contributed by atoms with Crippen LogP contribution in [0.1, 0.15) is 22.5 Å². The third-order valence-electron chi connectivity index (χ3n) is 2.61. The van der Waals surface area contributed by atoms with Crippen LogP contribution in [0, 0.1) is 0 Å². The van der Waals surface area contributed by atoms with Crippen LogP contribution in [0.25, 0.3) is 0 Å².